The molecule has 0 aliphatic carbocycles. The second kappa shape index (κ2) is 6.44. The second-order valence-corrected chi connectivity index (χ2v) is 6.28. The largest absolute Gasteiger partial charge is 0.393 e. The molecule has 1 aromatic carbocycles. The molecule has 1 saturated heterocycles. The predicted octanol–water partition coefficient (Wildman–Crippen LogP) is 2.32. The Bertz CT molecular complexity index is 430. The molecule has 1 heterocycles. The summed E-state index contributed by atoms with van der Waals surface area (Å²) < 4.78 is 0. The Labute approximate surface area is 119 Å². The van der Waals surface area contributed by atoms with E-state index in [0.717, 1.165) is 17.9 Å². The van der Waals surface area contributed by atoms with Crippen molar-refractivity contribution in [3.05, 3.63) is 29.8 Å². The number of thioether (sulfide) groups is 1. The molecular weight excluding hydrogens is 258 g/mol. The fourth-order valence-corrected chi connectivity index (χ4v) is 3.08. The number of benzene rings is 1. The molecule has 1 N–H and O–H groups in total. The van der Waals surface area contributed by atoms with Crippen LogP contribution < -0.4 is 0 Å². The number of amides is 1. The van der Waals surface area contributed by atoms with Crippen molar-refractivity contribution in [2.45, 2.75) is 31.3 Å². The van der Waals surface area contributed by atoms with E-state index in [9.17, 15) is 9.90 Å². The van der Waals surface area contributed by atoms with Crippen molar-refractivity contribution in [3.8, 4) is 0 Å². The molecule has 104 valence electrons. The molecule has 0 radical (unpaired) electrons. The lowest BCUT2D eigenvalue weighted by Crippen LogP contribution is -2.31. The van der Waals surface area contributed by atoms with Crippen molar-refractivity contribution in [1.82, 2.24) is 4.90 Å². The summed E-state index contributed by atoms with van der Waals surface area (Å²) in [5, 5.41) is 9.54. The van der Waals surface area contributed by atoms with Gasteiger partial charge in [-0.3, -0.25) is 4.79 Å². The monoisotopic (exact) mass is 279 g/mol. The van der Waals surface area contributed by atoms with Crippen LogP contribution in [0.1, 0.15) is 18.9 Å². The quantitative estimate of drug-likeness (QED) is 0.860. The Morgan fingerprint density at radius 1 is 1.47 bits per heavy atom. The highest BCUT2D eigenvalue weighted by Crippen LogP contribution is 2.23. The molecule has 2 atom stereocenters. The molecule has 0 bridgehead atoms. The van der Waals surface area contributed by atoms with Crippen molar-refractivity contribution in [1.29, 1.82) is 0 Å². The molecule has 1 aromatic rings. The molecule has 2 rings (SSSR count). The number of hydrogen-bond donors (Lipinski definition) is 1. The lowest BCUT2D eigenvalue weighted by Gasteiger charge is -2.17. The number of aliphatic hydroxyl groups is 1. The molecule has 0 spiro atoms. The molecule has 0 aromatic heterocycles. The van der Waals surface area contributed by atoms with Gasteiger partial charge in [-0.25, -0.2) is 0 Å². The molecule has 0 saturated carbocycles. The van der Waals surface area contributed by atoms with Gasteiger partial charge in [0.25, 0.3) is 0 Å². The minimum Gasteiger partial charge on any atom is -0.393 e. The molecule has 1 amide bonds. The summed E-state index contributed by atoms with van der Waals surface area (Å²) >= 11 is 1.58. The number of carbonyl (C=O) groups is 1. The summed E-state index contributed by atoms with van der Waals surface area (Å²) in [6.07, 6.45) is 0.598. The Kier molecular flexibility index (Phi) is 4.88. The van der Waals surface area contributed by atoms with E-state index in [2.05, 4.69) is 31.2 Å². The van der Waals surface area contributed by atoms with E-state index < -0.39 is 0 Å². The summed E-state index contributed by atoms with van der Waals surface area (Å²) in [5.74, 6) is 0.900. The fourth-order valence-electron chi connectivity index (χ4n) is 2.28. The zero-order valence-corrected chi connectivity index (χ0v) is 12.3. The first-order valence-corrected chi connectivity index (χ1v) is 7.70. The molecule has 19 heavy (non-hydrogen) atoms. The average Bonchev–Trinajstić information content (AvgIpc) is 2.87. The second-order valence-electron chi connectivity index (χ2n) is 5.23. The van der Waals surface area contributed by atoms with Crippen LogP contribution in [0.15, 0.2) is 29.2 Å². The van der Waals surface area contributed by atoms with Crippen molar-refractivity contribution in [2.24, 2.45) is 5.92 Å². The van der Waals surface area contributed by atoms with Crippen molar-refractivity contribution in [3.63, 3.8) is 0 Å². The van der Waals surface area contributed by atoms with Crippen LogP contribution in [0, 0.1) is 12.8 Å². The summed E-state index contributed by atoms with van der Waals surface area (Å²) in [6, 6.07) is 8.23. The van der Waals surface area contributed by atoms with Gasteiger partial charge in [-0.2, -0.15) is 0 Å². The Hall–Kier alpha value is -1.00. The van der Waals surface area contributed by atoms with E-state index in [-0.39, 0.29) is 17.9 Å². The number of hydrogen-bond acceptors (Lipinski definition) is 3. The number of aryl methyl sites for hydroxylation is 1. The lowest BCUT2D eigenvalue weighted by molar-refractivity contribution is -0.127. The van der Waals surface area contributed by atoms with E-state index in [0.29, 0.717) is 12.3 Å². The molecule has 3 nitrogen and oxygen atoms in total. The normalized spacial score (nSPS) is 20.6. The van der Waals surface area contributed by atoms with Gasteiger partial charge in [0.1, 0.15) is 0 Å². The van der Waals surface area contributed by atoms with Crippen LogP contribution in [0.2, 0.25) is 0 Å². The van der Waals surface area contributed by atoms with Crippen LogP contribution in [0.25, 0.3) is 0 Å². The van der Waals surface area contributed by atoms with Crippen LogP contribution in [0.4, 0.5) is 0 Å². The Morgan fingerprint density at radius 3 is 2.74 bits per heavy atom. The maximum Gasteiger partial charge on any atom is 0.232 e. The Balaban J connectivity index is 1.80. The van der Waals surface area contributed by atoms with E-state index >= 15 is 0 Å². The SMILES string of the molecule is Cc1ccc(SCC(=O)N2CCC(C(C)O)C2)cc1. The zero-order chi connectivity index (χ0) is 13.8. The van der Waals surface area contributed by atoms with Gasteiger partial charge in [0.2, 0.25) is 5.91 Å². The topological polar surface area (TPSA) is 40.5 Å². The van der Waals surface area contributed by atoms with Crippen LogP contribution in [0.5, 0.6) is 0 Å². The predicted molar refractivity (Wildman–Crippen MR) is 78.3 cm³/mol. The van der Waals surface area contributed by atoms with Gasteiger partial charge in [0, 0.05) is 23.9 Å². The van der Waals surface area contributed by atoms with Crippen LogP contribution in [-0.2, 0) is 4.79 Å². The first-order valence-electron chi connectivity index (χ1n) is 6.71. The third-order valence-corrected chi connectivity index (χ3v) is 4.64. The zero-order valence-electron chi connectivity index (χ0n) is 11.5. The lowest BCUT2D eigenvalue weighted by atomic mass is 10.0. The van der Waals surface area contributed by atoms with Crippen molar-refractivity contribution < 1.29 is 9.90 Å². The third kappa shape index (κ3) is 3.98. The first kappa shape index (κ1) is 14.4. The van der Waals surface area contributed by atoms with Gasteiger partial charge < -0.3 is 10.0 Å². The van der Waals surface area contributed by atoms with Crippen molar-refractivity contribution in [2.75, 3.05) is 18.8 Å². The molecule has 1 fully saturated rings. The van der Waals surface area contributed by atoms with Gasteiger partial charge in [-0.15, -0.1) is 11.8 Å². The van der Waals surface area contributed by atoms with Crippen molar-refractivity contribution >= 4 is 17.7 Å². The first-order chi connectivity index (χ1) is 9.06. The van der Waals surface area contributed by atoms with Gasteiger partial charge in [-0.1, -0.05) is 17.7 Å². The number of rotatable bonds is 4. The summed E-state index contributed by atoms with van der Waals surface area (Å²) in [4.78, 5) is 15.1. The van der Waals surface area contributed by atoms with E-state index in [1.165, 1.54) is 5.56 Å². The van der Waals surface area contributed by atoms with E-state index in [1.54, 1.807) is 18.7 Å². The minimum absolute atomic E-state index is 0.175. The van der Waals surface area contributed by atoms with Gasteiger partial charge in [0.15, 0.2) is 0 Å². The maximum atomic E-state index is 12.1. The average molecular weight is 279 g/mol. The van der Waals surface area contributed by atoms with Gasteiger partial charge >= 0.3 is 0 Å². The van der Waals surface area contributed by atoms with E-state index in [1.807, 2.05) is 4.90 Å². The standard InChI is InChI=1S/C15H21NO2S/c1-11-3-5-14(6-4-11)19-10-15(18)16-8-7-13(9-16)12(2)17/h3-6,12-13,17H,7-10H2,1-2H3. The summed E-state index contributed by atoms with van der Waals surface area (Å²) in [7, 11) is 0. The number of aliphatic hydroxyl groups excluding tert-OH is 1. The highest BCUT2D eigenvalue weighted by Gasteiger charge is 2.28. The highest BCUT2D eigenvalue weighted by atomic mass is 32.2. The molecule has 4 heteroatoms. The summed E-state index contributed by atoms with van der Waals surface area (Å²) in [5.41, 5.74) is 1.23. The maximum absolute atomic E-state index is 12.1. The van der Waals surface area contributed by atoms with Crippen LogP contribution >= 0.6 is 11.8 Å². The van der Waals surface area contributed by atoms with Gasteiger partial charge in [-0.05, 0) is 32.4 Å². The third-order valence-electron chi connectivity index (χ3n) is 3.64. The fraction of sp³-hybridized carbons (Fsp3) is 0.533. The van der Waals surface area contributed by atoms with Gasteiger partial charge in [0.05, 0.1) is 11.9 Å². The van der Waals surface area contributed by atoms with E-state index in [4.69, 9.17) is 0 Å². The van der Waals surface area contributed by atoms with Crippen LogP contribution in [0.3, 0.4) is 0 Å². The molecular formula is C15H21NO2S. The smallest absolute Gasteiger partial charge is 0.232 e. The number of carbonyl (C=O) groups excluding carboxylic acids is 1. The molecule has 2 unspecified atom stereocenters. The number of likely N-dealkylation sites (tertiary alicyclic amines) is 1. The molecule has 1 aliphatic heterocycles. The summed E-state index contributed by atoms with van der Waals surface area (Å²) in [6.45, 7) is 5.34. The van der Waals surface area contributed by atoms with Crippen LogP contribution in [-0.4, -0.2) is 40.9 Å². The highest BCUT2D eigenvalue weighted by molar-refractivity contribution is 8.00. The minimum atomic E-state index is -0.317. The Morgan fingerprint density at radius 2 is 2.16 bits per heavy atom. The number of nitrogens with zero attached hydrogens (tertiary/aromatic N) is 1. The molecule has 1 aliphatic rings.